The van der Waals surface area contributed by atoms with Crippen LogP contribution in [0.3, 0.4) is 0 Å². The number of imide groups is 1. The van der Waals surface area contributed by atoms with Crippen LogP contribution < -0.4 is 0 Å². The summed E-state index contributed by atoms with van der Waals surface area (Å²) in [6.07, 6.45) is 0.0863. The third-order valence-electron chi connectivity index (χ3n) is 6.85. The zero-order valence-corrected chi connectivity index (χ0v) is 19.2. The number of likely N-dealkylation sites (tertiary alicyclic amines) is 1. The van der Waals surface area contributed by atoms with E-state index in [0.29, 0.717) is 5.56 Å². The van der Waals surface area contributed by atoms with Crippen molar-refractivity contribution in [2.75, 3.05) is 14.2 Å². The maximum Gasteiger partial charge on any atom is 0.326 e. The first-order chi connectivity index (χ1) is 16.4. The first kappa shape index (κ1) is 23.6. The van der Waals surface area contributed by atoms with Gasteiger partial charge in [0.1, 0.15) is 5.60 Å². The SMILES string of the molecule is COC(=O)C1(C(=O)OC)CC(N2C(=O)CCC2=O)CC1(OCc1ccccc1)c1ccccc1. The van der Waals surface area contributed by atoms with E-state index in [-0.39, 0.29) is 44.1 Å². The maximum absolute atomic E-state index is 13.5. The van der Waals surface area contributed by atoms with Crippen molar-refractivity contribution in [3.05, 3.63) is 71.8 Å². The highest BCUT2D eigenvalue weighted by molar-refractivity contribution is 6.05. The number of carbonyl (C=O) groups excluding carboxylic acids is 4. The minimum absolute atomic E-state index is 0.0471. The predicted molar refractivity (Wildman–Crippen MR) is 120 cm³/mol. The van der Waals surface area contributed by atoms with E-state index < -0.39 is 29.0 Å². The molecule has 1 saturated heterocycles. The molecule has 8 heteroatoms. The summed E-state index contributed by atoms with van der Waals surface area (Å²) in [7, 11) is 2.39. The second-order valence-corrected chi connectivity index (χ2v) is 8.58. The number of nitrogens with zero attached hydrogens (tertiary/aromatic N) is 1. The lowest BCUT2D eigenvalue weighted by atomic mass is 9.70. The molecular formula is C26H27NO7. The number of amides is 2. The van der Waals surface area contributed by atoms with Crippen molar-refractivity contribution in [2.45, 2.75) is 43.9 Å². The number of esters is 2. The zero-order valence-electron chi connectivity index (χ0n) is 19.2. The van der Waals surface area contributed by atoms with Gasteiger partial charge >= 0.3 is 11.9 Å². The third kappa shape index (κ3) is 3.68. The smallest absolute Gasteiger partial charge is 0.326 e. The van der Waals surface area contributed by atoms with Crippen molar-refractivity contribution in [3.8, 4) is 0 Å². The second kappa shape index (κ2) is 9.38. The van der Waals surface area contributed by atoms with E-state index in [1.54, 1.807) is 24.3 Å². The number of hydrogen-bond donors (Lipinski definition) is 0. The molecule has 34 heavy (non-hydrogen) atoms. The van der Waals surface area contributed by atoms with Crippen molar-refractivity contribution in [1.29, 1.82) is 0 Å². The Labute approximate surface area is 197 Å². The molecule has 2 atom stereocenters. The second-order valence-electron chi connectivity index (χ2n) is 8.58. The molecule has 0 bridgehead atoms. The quantitative estimate of drug-likeness (QED) is 0.352. The number of methoxy groups -OCH3 is 2. The molecule has 2 aromatic rings. The Kier molecular flexibility index (Phi) is 6.52. The minimum atomic E-state index is -1.93. The van der Waals surface area contributed by atoms with E-state index in [9.17, 15) is 19.2 Å². The number of carbonyl (C=O) groups is 4. The Morgan fingerprint density at radius 1 is 0.853 bits per heavy atom. The van der Waals surface area contributed by atoms with Crippen LogP contribution in [0.4, 0.5) is 0 Å². The molecule has 2 amide bonds. The summed E-state index contributed by atoms with van der Waals surface area (Å²) >= 11 is 0. The number of benzene rings is 2. The molecule has 2 unspecified atom stereocenters. The number of ether oxygens (including phenoxy) is 3. The lowest BCUT2D eigenvalue weighted by Gasteiger charge is -2.41. The van der Waals surface area contributed by atoms with Crippen molar-refractivity contribution in [1.82, 2.24) is 4.90 Å². The largest absolute Gasteiger partial charge is 0.468 e. The Morgan fingerprint density at radius 2 is 1.38 bits per heavy atom. The highest BCUT2D eigenvalue weighted by Gasteiger charge is 2.72. The van der Waals surface area contributed by atoms with Crippen LogP contribution in [-0.2, 0) is 45.6 Å². The summed E-state index contributed by atoms with van der Waals surface area (Å²) in [5.41, 5.74) is -2.08. The Morgan fingerprint density at radius 3 is 1.91 bits per heavy atom. The van der Waals surface area contributed by atoms with Gasteiger partial charge in [-0.3, -0.25) is 24.1 Å². The van der Waals surface area contributed by atoms with Crippen molar-refractivity contribution < 1.29 is 33.4 Å². The molecule has 2 fully saturated rings. The molecule has 1 aliphatic carbocycles. The zero-order chi connectivity index (χ0) is 24.3. The molecule has 0 N–H and O–H groups in total. The van der Waals surface area contributed by atoms with Gasteiger partial charge in [-0.1, -0.05) is 60.7 Å². The highest BCUT2D eigenvalue weighted by Crippen LogP contribution is 2.58. The average molecular weight is 466 g/mol. The van der Waals surface area contributed by atoms with E-state index >= 15 is 0 Å². The van der Waals surface area contributed by atoms with Gasteiger partial charge in [0.15, 0.2) is 5.41 Å². The number of hydrogen-bond acceptors (Lipinski definition) is 7. The third-order valence-corrected chi connectivity index (χ3v) is 6.85. The van der Waals surface area contributed by atoms with E-state index in [1.165, 1.54) is 19.1 Å². The van der Waals surface area contributed by atoms with E-state index in [2.05, 4.69) is 0 Å². The Balaban J connectivity index is 1.91. The molecule has 0 aromatic heterocycles. The fourth-order valence-electron chi connectivity index (χ4n) is 5.33. The van der Waals surface area contributed by atoms with Crippen LogP contribution in [0.25, 0.3) is 0 Å². The fourth-order valence-corrected chi connectivity index (χ4v) is 5.33. The van der Waals surface area contributed by atoms with E-state index in [4.69, 9.17) is 14.2 Å². The Bertz CT molecular complexity index is 1050. The van der Waals surface area contributed by atoms with Gasteiger partial charge in [-0.15, -0.1) is 0 Å². The van der Waals surface area contributed by atoms with Gasteiger partial charge in [0.05, 0.1) is 20.8 Å². The van der Waals surface area contributed by atoms with Crippen LogP contribution in [0.1, 0.15) is 36.8 Å². The molecule has 4 rings (SSSR count). The van der Waals surface area contributed by atoms with E-state index in [0.717, 1.165) is 5.56 Å². The molecule has 178 valence electrons. The van der Waals surface area contributed by atoms with Gasteiger partial charge in [-0.2, -0.15) is 0 Å². The summed E-state index contributed by atoms with van der Waals surface area (Å²) < 4.78 is 16.8. The average Bonchev–Trinajstić information content (AvgIpc) is 3.40. The molecule has 1 saturated carbocycles. The molecular weight excluding hydrogens is 438 g/mol. The highest BCUT2D eigenvalue weighted by atomic mass is 16.6. The lowest BCUT2D eigenvalue weighted by molar-refractivity contribution is -0.198. The predicted octanol–water partition coefficient (Wildman–Crippen LogP) is 2.74. The molecule has 8 nitrogen and oxygen atoms in total. The summed E-state index contributed by atoms with van der Waals surface area (Å²) in [5.74, 6) is -2.33. The normalized spacial score (nSPS) is 23.7. The van der Waals surface area contributed by atoms with Gasteiger partial charge < -0.3 is 14.2 Å². The van der Waals surface area contributed by atoms with Gasteiger partial charge in [-0.05, 0) is 17.5 Å². The van der Waals surface area contributed by atoms with Crippen molar-refractivity contribution in [3.63, 3.8) is 0 Å². The van der Waals surface area contributed by atoms with Gasteiger partial charge in [0.2, 0.25) is 11.8 Å². The summed E-state index contributed by atoms with van der Waals surface area (Å²) in [6.45, 7) is 0.0834. The molecule has 2 aromatic carbocycles. The fraction of sp³-hybridized carbons (Fsp3) is 0.385. The molecule has 1 aliphatic heterocycles. The van der Waals surface area contributed by atoms with Gasteiger partial charge in [0.25, 0.3) is 0 Å². The standard InChI is InChI=1S/C26H27NO7/c1-32-23(30)25(24(31)33-2)15-20(27-21(28)13-14-22(27)29)16-26(25,19-11-7-4-8-12-19)34-17-18-9-5-3-6-10-18/h3-12,20H,13-17H2,1-2H3. The van der Waals surface area contributed by atoms with Crippen LogP contribution in [0.15, 0.2) is 60.7 Å². The van der Waals surface area contributed by atoms with Gasteiger partial charge in [0, 0.05) is 25.3 Å². The van der Waals surface area contributed by atoms with Crippen molar-refractivity contribution in [2.24, 2.45) is 5.41 Å². The van der Waals surface area contributed by atoms with Crippen LogP contribution in [0.5, 0.6) is 0 Å². The first-order valence-corrected chi connectivity index (χ1v) is 11.1. The lowest BCUT2D eigenvalue weighted by Crippen LogP contribution is -2.55. The summed E-state index contributed by atoms with van der Waals surface area (Å²) in [4.78, 5) is 53.4. The van der Waals surface area contributed by atoms with Gasteiger partial charge in [-0.25, -0.2) is 0 Å². The molecule has 1 heterocycles. The first-order valence-electron chi connectivity index (χ1n) is 11.1. The topological polar surface area (TPSA) is 99.2 Å². The van der Waals surface area contributed by atoms with E-state index in [1.807, 2.05) is 36.4 Å². The molecule has 0 spiro atoms. The maximum atomic E-state index is 13.5. The molecule has 0 radical (unpaired) electrons. The van der Waals surface area contributed by atoms with Crippen molar-refractivity contribution >= 4 is 23.8 Å². The van der Waals surface area contributed by atoms with Crippen LogP contribution in [0.2, 0.25) is 0 Å². The van der Waals surface area contributed by atoms with Crippen LogP contribution >= 0.6 is 0 Å². The van der Waals surface area contributed by atoms with Crippen LogP contribution in [0, 0.1) is 5.41 Å². The summed E-state index contributed by atoms with van der Waals surface area (Å²) in [5, 5.41) is 0. The Hall–Kier alpha value is -3.52. The minimum Gasteiger partial charge on any atom is -0.468 e. The van der Waals surface area contributed by atoms with Crippen LogP contribution in [-0.4, -0.2) is 48.9 Å². The monoisotopic (exact) mass is 465 g/mol. The number of rotatable bonds is 7. The molecule has 2 aliphatic rings. The summed E-state index contributed by atoms with van der Waals surface area (Å²) in [6, 6.07) is 17.5.